The minimum absolute atomic E-state index is 0. The largest absolute Gasteiger partial charge is 0.493 e. The van der Waals surface area contributed by atoms with Crippen LogP contribution < -0.4 is 29.6 Å². The molecule has 0 bridgehead atoms. The molecule has 0 aliphatic carbocycles. The fraction of sp³-hybridized carbons (Fsp3) is 0.471. The van der Waals surface area contributed by atoms with Gasteiger partial charge in [0.25, 0.3) is 0 Å². The van der Waals surface area contributed by atoms with Gasteiger partial charge in [-0.3, -0.25) is 0 Å². The lowest BCUT2D eigenvalue weighted by molar-refractivity contribution is 0.279. The van der Waals surface area contributed by atoms with Crippen molar-refractivity contribution in [3.63, 3.8) is 0 Å². The number of benzene rings is 3. The molecule has 3 rings (SSSR count). The number of methoxy groups -OCH3 is 2. The van der Waals surface area contributed by atoms with Crippen LogP contribution in [0.2, 0.25) is 0 Å². The summed E-state index contributed by atoms with van der Waals surface area (Å²) in [6, 6.07) is 20.5. The molecule has 0 atom stereocenters. The van der Waals surface area contributed by atoms with E-state index < -0.39 is 0 Å². The van der Waals surface area contributed by atoms with Gasteiger partial charge < -0.3 is 29.6 Å². The van der Waals surface area contributed by atoms with Crippen molar-refractivity contribution in [2.75, 3.05) is 27.3 Å². The van der Waals surface area contributed by atoms with Crippen molar-refractivity contribution in [2.24, 2.45) is 11.8 Å². The van der Waals surface area contributed by atoms with Gasteiger partial charge >= 0.3 is 0 Å². The van der Waals surface area contributed by atoms with Gasteiger partial charge in [0.05, 0.1) is 14.2 Å². The second-order valence-electron chi connectivity index (χ2n) is 11.1. The van der Waals surface area contributed by atoms with Gasteiger partial charge in [-0.1, -0.05) is 58.0 Å². The Morgan fingerprint density at radius 2 is 1.00 bits per heavy atom. The first-order valence-electron chi connectivity index (χ1n) is 14.5. The Hall–Kier alpha value is -2.93. The van der Waals surface area contributed by atoms with Gasteiger partial charge in [-0.05, 0) is 90.4 Å². The molecule has 0 saturated carbocycles. The maximum Gasteiger partial charge on any atom is 0.161 e. The van der Waals surface area contributed by atoms with E-state index in [0.717, 1.165) is 60.3 Å². The van der Waals surface area contributed by atoms with Crippen LogP contribution in [0, 0.1) is 11.8 Å². The van der Waals surface area contributed by atoms with Crippen molar-refractivity contribution in [3.8, 4) is 23.0 Å². The van der Waals surface area contributed by atoms with E-state index in [1.165, 1.54) is 24.0 Å². The molecule has 0 saturated heterocycles. The molecule has 41 heavy (non-hydrogen) atoms. The lowest BCUT2D eigenvalue weighted by Gasteiger charge is -2.14. The lowest BCUT2D eigenvalue weighted by Crippen LogP contribution is -2.16. The lowest BCUT2D eigenvalue weighted by atomic mass is 10.1. The Labute approximate surface area is 253 Å². The van der Waals surface area contributed by atoms with E-state index in [1.807, 2.05) is 30.3 Å². The molecule has 0 aliphatic rings. The number of rotatable bonds is 18. The normalized spacial score (nSPS) is 10.9. The smallest absolute Gasteiger partial charge is 0.161 e. The van der Waals surface area contributed by atoms with Crippen LogP contribution in [-0.4, -0.2) is 27.3 Å². The van der Waals surface area contributed by atoms with E-state index >= 15 is 0 Å². The first-order valence-corrected chi connectivity index (χ1v) is 14.5. The predicted octanol–water partition coefficient (Wildman–Crippen LogP) is 7.56. The van der Waals surface area contributed by atoms with Crippen molar-refractivity contribution in [1.82, 2.24) is 10.6 Å². The Kier molecular flexibility index (Phi) is 15.5. The highest BCUT2D eigenvalue weighted by molar-refractivity contribution is 5.85. The minimum Gasteiger partial charge on any atom is -0.493 e. The van der Waals surface area contributed by atoms with Crippen LogP contribution in [-0.2, 0) is 26.3 Å². The first kappa shape index (κ1) is 34.3. The van der Waals surface area contributed by atoms with E-state index in [4.69, 9.17) is 18.9 Å². The van der Waals surface area contributed by atoms with Crippen molar-refractivity contribution in [1.29, 1.82) is 0 Å². The van der Waals surface area contributed by atoms with E-state index in [1.54, 1.807) is 14.2 Å². The summed E-state index contributed by atoms with van der Waals surface area (Å²) in [4.78, 5) is 0. The number of hydrogen-bond acceptors (Lipinski definition) is 6. The molecule has 226 valence electrons. The Morgan fingerprint density at radius 3 is 1.39 bits per heavy atom. The highest BCUT2D eigenvalue weighted by Crippen LogP contribution is 2.30. The SMILES string of the molecule is COc1cc(CNCCC(C)C)ccc1OCc1cccc(COc2ccc(CNCCC(C)C)cc2OC)c1.Cl. The molecule has 0 aliphatic heterocycles. The van der Waals surface area contributed by atoms with Gasteiger partial charge in [0.2, 0.25) is 0 Å². The summed E-state index contributed by atoms with van der Waals surface area (Å²) in [6.45, 7) is 13.5. The van der Waals surface area contributed by atoms with Crippen molar-refractivity contribution >= 4 is 12.4 Å². The number of nitrogens with one attached hydrogen (secondary N) is 2. The van der Waals surface area contributed by atoms with Gasteiger partial charge in [-0.15, -0.1) is 12.4 Å². The third-order valence-corrected chi connectivity index (χ3v) is 6.69. The van der Waals surface area contributed by atoms with Crippen molar-refractivity contribution < 1.29 is 18.9 Å². The molecule has 0 aromatic heterocycles. The summed E-state index contributed by atoms with van der Waals surface area (Å²) >= 11 is 0. The third-order valence-electron chi connectivity index (χ3n) is 6.69. The average Bonchev–Trinajstić information content (AvgIpc) is 2.95. The summed E-state index contributed by atoms with van der Waals surface area (Å²) < 4.78 is 23.5. The van der Waals surface area contributed by atoms with Crippen LogP contribution >= 0.6 is 12.4 Å². The van der Waals surface area contributed by atoms with Gasteiger partial charge in [-0.2, -0.15) is 0 Å². The zero-order chi connectivity index (χ0) is 28.7. The monoisotopic (exact) mass is 584 g/mol. The molecule has 0 amide bonds. The van der Waals surface area contributed by atoms with Gasteiger partial charge in [-0.25, -0.2) is 0 Å². The molecule has 6 nitrogen and oxygen atoms in total. The zero-order valence-electron chi connectivity index (χ0n) is 25.6. The number of halogens is 1. The van der Waals surface area contributed by atoms with Crippen LogP contribution in [0.4, 0.5) is 0 Å². The molecule has 0 spiro atoms. The second kappa shape index (κ2) is 18.5. The minimum atomic E-state index is 0. The van der Waals surface area contributed by atoms with Crippen LogP contribution in [0.5, 0.6) is 23.0 Å². The van der Waals surface area contributed by atoms with Crippen molar-refractivity contribution in [3.05, 3.63) is 82.9 Å². The van der Waals surface area contributed by atoms with Crippen LogP contribution in [0.15, 0.2) is 60.7 Å². The van der Waals surface area contributed by atoms with Crippen LogP contribution in [0.1, 0.15) is 62.8 Å². The molecule has 3 aromatic rings. The summed E-state index contributed by atoms with van der Waals surface area (Å²) in [6.07, 6.45) is 2.33. The molecule has 3 aromatic carbocycles. The molecular formula is C34H49ClN2O4. The first-order chi connectivity index (χ1) is 19.4. The molecular weight excluding hydrogens is 536 g/mol. The molecule has 7 heteroatoms. The number of hydrogen-bond donors (Lipinski definition) is 2. The van der Waals surface area contributed by atoms with E-state index in [0.29, 0.717) is 25.0 Å². The molecule has 0 radical (unpaired) electrons. The van der Waals surface area contributed by atoms with Gasteiger partial charge in [0.15, 0.2) is 23.0 Å². The Bertz CT molecular complexity index is 1080. The second-order valence-corrected chi connectivity index (χ2v) is 11.1. The topological polar surface area (TPSA) is 61.0 Å². The Balaban J connectivity index is 0.00000588. The molecule has 0 unspecified atom stereocenters. The highest BCUT2D eigenvalue weighted by atomic mass is 35.5. The summed E-state index contributed by atoms with van der Waals surface area (Å²) in [5.74, 6) is 4.35. The maximum absolute atomic E-state index is 6.13. The fourth-order valence-electron chi connectivity index (χ4n) is 4.26. The quantitative estimate of drug-likeness (QED) is 0.150. The van der Waals surface area contributed by atoms with Crippen LogP contribution in [0.25, 0.3) is 0 Å². The van der Waals surface area contributed by atoms with Crippen LogP contribution in [0.3, 0.4) is 0 Å². The Morgan fingerprint density at radius 1 is 0.561 bits per heavy atom. The summed E-state index contributed by atoms with van der Waals surface area (Å²) in [5.41, 5.74) is 4.49. The maximum atomic E-state index is 6.13. The summed E-state index contributed by atoms with van der Waals surface area (Å²) in [5, 5.41) is 6.99. The van der Waals surface area contributed by atoms with Crippen molar-refractivity contribution in [2.45, 2.75) is 66.8 Å². The van der Waals surface area contributed by atoms with E-state index in [2.05, 4.69) is 68.7 Å². The molecule has 0 heterocycles. The third kappa shape index (κ3) is 12.2. The number of ether oxygens (including phenoxy) is 4. The predicted molar refractivity (Wildman–Crippen MR) is 171 cm³/mol. The van der Waals surface area contributed by atoms with Gasteiger partial charge in [0, 0.05) is 13.1 Å². The van der Waals surface area contributed by atoms with E-state index in [9.17, 15) is 0 Å². The molecule has 0 fully saturated rings. The molecule has 2 N–H and O–H groups in total. The standard InChI is InChI=1S/C34H48N2O4.ClH/c1-25(2)14-16-35-21-27-10-12-31(33(19-27)37-5)39-23-29-8-7-9-30(18-29)24-40-32-13-11-28(20-34(32)38-6)22-36-17-15-26(3)4;/h7-13,18-20,25-26,35-36H,14-17,21-24H2,1-6H3;1H. The van der Waals surface area contributed by atoms with Gasteiger partial charge in [0.1, 0.15) is 13.2 Å². The summed E-state index contributed by atoms with van der Waals surface area (Å²) in [7, 11) is 3.36. The average molecular weight is 585 g/mol. The fourth-order valence-corrected chi connectivity index (χ4v) is 4.26. The zero-order valence-corrected chi connectivity index (χ0v) is 26.4. The highest BCUT2D eigenvalue weighted by Gasteiger charge is 2.09. The van der Waals surface area contributed by atoms with E-state index in [-0.39, 0.29) is 12.4 Å².